The van der Waals surface area contributed by atoms with Gasteiger partial charge in [-0.25, -0.2) is 4.57 Å². The van der Waals surface area contributed by atoms with Crippen LogP contribution in [0, 0.1) is 0 Å². The zero-order valence-electron chi connectivity index (χ0n) is 15.3. The van der Waals surface area contributed by atoms with Crippen molar-refractivity contribution in [1.82, 2.24) is 4.57 Å². The fraction of sp³-hybridized carbons (Fsp3) is 0.143. The molecule has 27 heavy (non-hydrogen) atoms. The van der Waals surface area contributed by atoms with E-state index in [2.05, 4.69) is 0 Å². The Morgan fingerprint density at radius 2 is 1.59 bits per heavy atom. The molecule has 6 heteroatoms. The summed E-state index contributed by atoms with van der Waals surface area (Å²) in [7, 11) is 4.56. The van der Waals surface area contributed by atoms with Gasteiger partial charge in [-0.2, -0.15) is 0 Å². The predicted octanol–water partition coefficient (Wildman–Crippen LogP) is 3.38. The molecule has 1 heterocycles. The van der Waals surface area contributed by atoms with Crippen LogP contribution in [-0.2, 0) is 0 Å². The van der Waals surface area contributed by atoms with E-state index in [1.54, 1.807) is 36.4 Å². The Hall–Kier alpha value is -3.54. The number of para-hydroxylation sites is 1. The van der Waals surface area contributed by atoms with Crippen molar-refractivity contribution in [3.05, 3.63) is 70.5 Å². The van der Waals surface area contributed by atoms with E-state index in [1.807, 2.05) is 12.1 Å². The molecule has 0 unspecified atom stereocenters. The van der Waals surface area contributed by atoms with Crippen molar-refractivity contribution < 1.29 is 19.0 Å². The van der Waals surface area contributed by atoms with E-state index in [1.165, 1.54) is 33.5 Å². The number of fused-ring (bicyclic) bond motifs is 1. The first-order valence-electron chi connectivity index (χ1n) is 8.22. The van der Waals surface area contributed by atoms with Crippen molar-refractivity contribution in [3.63, 3.8) is 0 Å². The molecule has 0 aliphatic rings. The van der Waals surface area contributed by atoms with Gasteiger partial charge in [0.2, 0.25) is 5.75 Å². The molecule has 3 rings (SSSR count). The maximum Gasteiger partial charge on any atom is 0.258 e. The SMILES string of the molecule is COc1cc(/C=C/C(=O)n2c(=O)ccc3ccccc32)cc(OC)c1OC. The van der Waals surface area contributed by atoms with Crippen molar-refractivity contribution in [2.24, 2.45) is 0 Å². The smallest absolute Gasteiger partial charge is 0.258 e. The first-order valence-corrected chi connectivity index (χ1v) is 8.22. The first-order chi connectivity index (χ1) is 13.1. The maximum absolute atomic E-state index is 12.7. The van der Waals surface area contributed by atoms with Gasteiger partial charge in [-0.3, -0.25) is 9.59 Å². The van der Waals surface area contributed by atoms with Crippen molar-refractivity contribution >= 4 is 22.9 Å². The molecule has 0 atom stereocenters. The number of aromatic nitrogens is 1. The van der Waals surface area contributed by atoms with Crippen LogP contribution >= 0.6 is 0 Å². The van der Waals surface area contributed by atoms with E-state index in [-0.39, 0.29) is 5.56 Å². The van der Waals surface area contributed by atoms with E-state index in [0.29, 0.717) is 28.3 Å². The van der Waals surface area contributed by atoms with E-state index in [9.17, 15) is 9.59 Å². The molecule has 0 saturated carbocycles. The molecule has 0 fully saturated rings. The van der Waals surface area contributed by atoms with Crippen LogP contribution in [0.15, 0.2) is 59.4 Å². The van der Waals surface area contributed by atoms with Gasteiger partial charge in [0.25, 0.3) is 11.5 Å². The molecule has 0 saturated heterocycles. The molecular weight excluding hydrogens is 346 g/mol. The average molecular weight is 365 g/mol. The Morgan fingerprint density at radius 1 is 0.926 bits per heavy atom. The van der Waals surface area contributed by atoms with Crippen LogP contribution < -0.4 is 19.8 Å². The van der Waals surface area contributed by atoms with E-state index in [4.69, 9.17) is 14.2 Å². The fourth-order valence-electron chi connectivity index (χ4n) is 2.85. The molecule has 138 valence electrons. The second-order valence-corrected chi connectivity index (χ2v) is 5.70. The molecule has 0 N–H and O–H groups in total. The van der Waals surface area contributed by atoms with Crippen LogP contribution in [0.2, 0.25) is 0 Å². The summed E-state index contributed by atoms with van der Waals surface area (Å²) in [4.78, 5) is 24.9. The van der Waals surface area contributed by atoms with Gasteiger partial charge in [0.05, 0.1) is 26.8 Å². The maximum atomic E-state index is 12.7. The Balaban J connectivity index is 2.01. The van der Waals surface area contributed by atoms with Gasteiger partial charge >= 0.3 is 0 Å². The summed E-state index contributed by atoms with van der Waals surface area (Å²) in [6, 6.07) is 13.7. The van der Waals surface area contributed by atoms with E-state index in [0.717, 1.165) is 9.95 Å². The molecule has 0 bridgehead atoms. The van der Waals surface area contributed by atoms with Gasteiger partial charge in [0, 0.05) is 12.1 Å². The normalized spacial score (nSPS) is 10.9. The molecule has 3 aromatic rings. The minimum absolute atomic E-state index is 0.381. The molecule has 1 aromatic heterocycles. The fourth-order valence-corrected chi connectivity index (χ4v) is 2.85. The summed E-state index contributed by atoms with van der Waals surface area (Å²) in [6.07, 6.45) is 2.94. The Kier molecular flexibility index (Phi) is 5.26. The van der Waals surface area contributed by atoms with Crippen LogP contribution in [0.5, 0.6) is 17.2 Å². The summed E-state index contributed by atoms with van der Waals surface area (Å²) in [6.45, 7) is 0. The molecule has 0 aliphatic carbocycles. The molecule has 0 aliphatic heterocycles. The number of hydrogen-bond acceptors (Lipinski definition) is 5. The van der Waals surface area contributed by atoms with Crippen molar-refractivity contribution in [3.8, 4) is 17.2 Å². The van der Waals surface area contributed by atoms with Crippen LogP contribution in [0.25, 0.3) is 17.0 Å². The topological polar surface area (TPSA) is 66.8 Å². The number of nitrogens with zero attached hydrogens (tertiary/aromatic N) is 1. The lowest BCUT2D eigenvalue weighted by Gasteiger charge is -2.12. The summed E-state index contributed by atoms with van der Waals surface area (Å²) < 4.78 is 17.0. The Bertz CT molecular complexity index is 1060. The van der Waals surface area contributed by atoms with Crippen LogP contribution in [-0.4, -0.2) is 31.8 Å². The number of hydrogen-bond donors (Lipinski definition) is 0. The highest BCUT2D eigenvalue weighted by Gasteiger charge is 2.13. The van der Waals surface area contributed by atoms with Gasteiger partial charge < -0.3 is 14.2 Å². The zero-order chi connectivity index (χ0) is 19.4. The number of benzene rings is 2. The second-order valence-electron chi connectivity index (χ2n) is 5.70. The lowest BCUT2D eigenvalue weighted by molar-refractivity contribution is 0.0971. The molecule has 0 radical (unpaired) electrons. The van der Waals surface area contributed by atoms with Crippen LogP contribution in [0.4, 0.5) is 0 Å². The van der Waals surface area contributed by atoms with Gasteiger partial charge in [-0.1, -0.05) is 18.2 Å². The summed E-state index contributed by atoms with van der Waals surface area (Å²) in [5.41, 5.74) is 0.851. The number of ether oxygens (including phenoxy) is 3. The summed E-state index contributed by atoms with van der Waals surface area (Å²) >= 11 is 0. The van der Waals surface area contributed by atoms with Gasteiger partial charge in [0.15, 0.2) is 11.5 Å². The highest BCUT2D eigenvalue weighted by atomic mass is 16.5. The van der Waals surface area contributed by atoms with Crippen molar-refractivity contribution in [2.45, 2.75) is 0 Å². The third-order valence-corrected chi connectivity index (χ3v) is 4.13. The largest absolute Gasteiger partial charge is 0.493 e. The quantitative estimate of drug-likeness (QED) is 0.649. The number of carbonyl (C=O) groups is 1. The minimum Gasteiger partial charge on any atom is -0.493 e. The standard InChI is InChI=1S/C21H19NO5/c1-25-17-12-14(13-18(26-2)21(17)27-3)8-10-19(23)22-16-7-5-4-6-15(16)9-11-20(22)24/h4-13H,1-3H3/b10-8+. The highest BCUT2D eigenvalue weighted by molar-refractivity contribution is 5.99. The van der Waals surface area contributed by atoms with E-state index >= 15 is 0 Å². The van der Waals surface area contributed by atoms with Gasteiger partial charge in [0.1, 0.15) is 0 Å². The third-order valence-electron chi connectivity index (χ3n) is 4.13. The van der Waals surface area contributed by atoms with Crippen molar-refractivity contribution in [2.75, 3.05) is 21.3 Å². The van der Waals surface area contributed by atoms with Crippen LogP contribution in [0.3, 0.4) is 0 Å². The average Bonchev–Trinajstić information content (AvgIpc) is 2.70. The lowest BCUT2D eigenvalue weighted by Crippen LogP contribution is -2.24. The molecule has 2 aromatic carbocycles. The predicted molar refractivity (Wildman–Crippen MR) is 104 cm³/mol. The monoisotopic (exact) mass is 365 g/mol. The third kappa shape index (κ3) is 3.55. The van der Waals surface area contributed by atoms with E-state index < -0.39 is 5.91 Å². The van der Waals surface area contributed by atoms with Gasteiger partial charge in [-0.15, -0.1) is 0 Å². The van der Waals surface area contributed by atoms with Gasteiger partial charge in [-0.05, 0) is 41.3 Å². The molecular formula is C21H19NO5. The Labute approximate surface area is 156 Å². The first kappa shape index (κ1) is 18.3. The second kappa shape index (κ2) is 7.78. The minimum atomic E-state index is -0.439. The van der Waals surface area contributed by atoms with Crippen molar-refractivity contribution in [1.29, 1.82) is 0 Å². The highest BCUT2D eigenvalue weighted by Crippen LogP contribution is 2.38. The zero-order valence-corrected chi connectivity index (χ0v) is 15.3. The van der Waals surface area contributed by atoms with Crippen LogP contribution in [0.1, 0.15) is 10.4 Å². The number of allylic oxidation sites excluding steroid dienone is 1. The lowest BCUT2D eigenvalue weighted by atomic mass is 10.1. The number of pyridine rings is 1. The number of methoxy groups -OCH3 is 3. The molecule has 6 nitrogen and oxygen atoms in total. The number of rotatable bonds is 5. The summed E-state index contributed by atoms with van der Waals surface area (Å²) in [5.74, 6) is 0.983. The molecule has 0 amide bonds. The Morgan fingerprint density at radius 3 is 2.22 bits per heavy atom. The summed E-state index contributed by atoms with van der Waals surface area (Å²) in [5, 5.41) is 0.812. The molecule has 0 spiro atoms. The number of carbonyl (C=O) groups excluding carboxylic acids is 1.